The predicted molar refractivity (Wildman–Crippen MR) is 76.0 cm³/mol. The van der Waals surface area contributed by atoms with Gasteiger partial charge in [0, 0.05) is 11.3 Å². The molecule has 2 aromatic carbocycles. The van der Waals surface area contributed by atoms with Crippen molar-refractivity contribution in [2.24, 2.45) is 0 Å². The summed E-state index contributed by atoms with van der Waals surface area (Å²) in [6.45, 7) is 1.82. The molecule has 0 aromatic heterocycles. The Balaban J connectivity index is 0. The fourth-order valence-corrected chi connectivity index (χ4v) is 1.55. The first-order chi connectivity index (χ1) is 6.29. The monoisotopic (exact) mass is 258 g/mol. The molecule has 0 bridgehead atoms. The van der Waals surface area contributed by atoms with Crippen LogP contribution in [0.25, 0.3) is 10.8 Å². The molecule has 0 amide bonds. The first kappa shape index (κ1) is 17.3. The lowest BCUT2D eigenvalue weighted by Crippen LogP contribution is -1.92. The Morgan fingerprint density at radius 1 is 0.938 bits per heavy atom. The molecular formula is C12H16Cl2N2. The number of fused-ring (bicyclic) bond motifs is 1. The molecule has 0 fully saturated rings. The molecule has 88 valence electrons. The molecule has 0 saturated carbocycles. The second-order valence-electron chi connectivity index (χ2n) is 3.15. The fraction of sp³-hybridized carbons (Fsp3) is 0.0833. The van der Waals surface area contributed by atoms with Crippen molar-refractivity contribution in [2.45, 2.75) is 6.92 Å². The van der Waals surface area contributed by atoms with Gasteiger partial charge in [-0.25, -0.2) is 0 Å². The van der Waals surface area contributed by atoms with Gasteiger partial charge in [0.2, 0.25) is 0 Å². The molecule has 0 saturated heterocycles. The van der Waals surface area contributed by atoms with Gasteiger partial charge >= 0.3 is 0 Å². The average molecular weight is 259 g/mol. The van der Waals surface area contributed by atoms with Crippen LogP contribution in [0.1, 0.15) is 12.5 Å². The minimum atomic E-state index is 0. The van der Waals surface area contributed by atoms with E-state index >= 15 is 0 Å². The summed E-state index contributed by atoms with van der Waals surface area (Å²) in [5, 5.41) is 9.98. The van der Waals surface area contributed by atoms with E-state index in [1.807, 2.05) is 31.2 Å². The van der Waals surface area contributed by atoms with Crippen molar-refractivity contribution in [3.8, 4) is 0 Å². The summed E-state index contributed by atoms with van der Waals surface area (Å²) in [6, 6.07) is 14.2. The Bertz CT molecular complexity index is 464. The largest absolute Gasteiger partial charge is 0.344 e. The lowest BCUT2D eigenvalue weighted by Gasteiger charge is -2.03. The van der Waals surface area contributed by atoms with Crippen LogP contribution >= 0.6 is 24.8 Å². The first-order valence-corrected chi connectivity index (χ1v) is 4.32. The predicted octanol–water partition coefficient (Wildman–Crippen LogP) is 4.23. The maximum Gasteiger partial charge on any atom is 0.0361 e. The van der Waals surface area contributed by atoms with Crippen LogP contribution < -0.4 is 6.15 Å². The van der Waals surface area contributed by atoms with Crippen LogP contribution in [-0.4, -0.2) is 5.71 Å². The molecule has 4 heteroatoms. The maximum absolute atomic E-state index is 7.62. The molecule has 2 nitrogen and oxygen atoms in total. The lowest BCUT2D eigenvalue weighted by atomic mass is 10.0. The normalized spacial score (nSPS) is 8.31. The molecule has 16 heavy (non-hydrogen) atoms. The number of benzene rings is 2. The van der Waals surface area contributed by atoms with E-state index in [1.54, 1.807) is 0 Å². The molecule has 4 N–H and O–H groups in total. The van der Waals surface area contributed by atoms with Crippen molar-refractivity contribution in [1.29, 1.82) is 5.41 Å². The minimum absolute atomic E-state index is 0. The first-order valence-electron chi connectivity index (χ1n) is 4.32. The maximum atomic E-state index is 7.62. The third-order valence-corrected chi connectivity index (χ3v) is 2.19. The van der Waals surface area contributed by atoms with E-state index in [0.717, 1.165) is 10.9 Å². The summed E-state index contributed by atoms with van der Waals surface area (Å²) in [7, 11) is 0. The smallest absolute Gasteiger partial charge is 0.0361 e. The van der Waals surface area contributed by atoms with Gasteiger partial charge < -0.3 is 11.6 Å². The van der Waals surface area contributed by atoms with Crippen LogP contribution in [0.2, 0.25) is 0 Å². The summed E-state index contributed by atoms with van der Waals surface area (Å²) in [5.41, 5.74) is 1.65. The summed E-state index contributed by atoms with van der Waals surface area (Å²) in [6.07, 6.45) is 0. The highest BCUT2D eigenvalue weighted by Gasteiger charge is 2.00. The van der Waals surface area contributed by atoms with Crippen LogP contribution in [-0.2, 0) is 0 Å². The van der Waals surface area contributed by atoms with Gasteiger partial charge in [-0.3, -0.25) is 0 Å². The van der Waals surface area contributed by atoms with Gasteiger partial charge in [0.1, 0.15) is 0 Å². The Morgan fingerprint density at radius 3 is 2.12 bits per heavy atom. The molecule has 0 aliphatic heterocycles. The zero-order chi connectivity index (χ0) is 9.26. The Hall–Kier alpha value is -1.09. The van der Waals surface area contributed by atoms with Gasteiger partial charge in [-0.15, -0.1) is 24.8 Å². The van der Waals surface area contributed by atoms with E-state index in [4.69, 9.17) is 5.41 Å². The van der Waals surface area contributed by atoms with Crippen molar-refractivity contribution in [1.82, 2.24) is 6.15 Å². The van der Waals surface area contributed by atoms with Crippen molar-refractivity contribution >= 4 is 41.3 Å². The van der Waals surface area contributed by atoms with E-state index in [2.05, 4.69) is 18.2 Å². The molecule has 0 heterocycles. The Labute approximate surface area is 108 Å². The summed E-state index contributed by atoms with van der Waals surface area (Å²) in [5.74, 6) is 0. The highest BCUT2D eigenvalue weighted by Crippen LogP contribution is 2.18. The Morgan fingerprint density at radius 2 is 1.50 bits per heavy atom. The van der Waals surface area contributed by atoms with Crippen molar-refractivity contribution < 1.29 is 0 Å². The van der Waals surface area contributed by atoms with Crippen LogP contribution in [0.4, 0.5) is 0 Å². The van der Waals surface area contributed by atoms with Crippen LogP contribution in [0.5, 0.6) is 0 Å². The number of hydrogen-bond acceptors (Lipinski definition) is 2. The molecule has 0 atom stereocenters. The fourth-order valence-electron chi connectivity index (χ4n) is 1.55. The van der Waals surface area contributed by atoms with Crippen LogP contribution in [0, 0.1) is 5.41 Å². The molecule has 0 aliphatic rings. The van der Waals surface area contributed by atoms with Crippen molar-refractivity contribution in [3.63, 3.8) is 0 Å². The second kappa shape index (κ2) is 7.23. The molecule has 0 unspecified atom stereocenters. The molecular weight excluding hydrogens is 243 g/mol. The topological polar surface area (TPSA) is 58.9 Å². The molecule has 2 rings (SSSR count). The van der Waals surface area contributed by atoms with Crippen LogP contribution in [0.15, 0.2) is 42.5 Å². The van der Waals surface area contributed by atoms with E-state index in [9.17, 15) is 0 Å². The lowest BCUT2D eigenvalue weighted by molar-refractivity contribution is 1.47. The van der Waals surface area contributed by atoms with E-state index < -0.39 is 0 Å². The van der Waals surface area contributed by atoms with Gasteiger partial charge in [0.25, 0.3) is 0 Å². The SMILES string of the molecule is CC(=N)c1cccc2ccccc12.Cl.Cl.N. The van der Waals surface area contributed by atoms with Gasteiger partial charge in [-0.05, 0) is 17.7 Å². The molecule has 0 spiro atoms. The van der Waals surface area contributed by atoms with Crippen molar-refractivity contribution in [2.75, 3.05) is 0 Å². The van der Waals surface area contributed by atoms with Crippen LogP contribution in [0.3, 0.4) is 0 Å². The van der Waals surface area contributed by atoms with E-state index in [-0.39, 0.29) is 31.0 Å². The number of halogens is 2. The van der Waals surface area contributed by atoms with Crippen molar-refractivity contribution in [3.05, 3.63) is 48.0 Å². The standard InChI is InChI=1S/C12H11N.2ClH.H3N/c1-9(13)11-8-4-6-10-5-2-3-7-12(10)11;;;/h2-8,13H,1H3;2*1H;1H3. The van der Waals surface area contributed by atoms with Gasteiger partial charge in [-0.1, -0.05) is 42.5 Å². The van der Waals surface area contributed by atoms with Gasteiger partial charge in [0.05, 0.1) is 0 Å². The number of rotatable bonds is 1. The minimum Gasteiger partial charge on any atom is -0.344 e. The average Bonchev–Trinajstić information content (AvgIpc) is 2.17. The molecule has 0 radical (unpaired) electrons. The van der Waals surface area contributed by atoms with E-state index in [0.29, 0.717) is 5.71 Å². The van der Waals surface area contributed by atoms with Gasteiger partial charge in [-0.2, -0.15) is 0 Å². The van der Waals surface area contributed by atoms with E-state index in [1.165, 1.54) is 5.39 Å². The third kappa shape index (κ3) is 3.20. The molecule has 0 aliphatic carbocycles. The second-order valence-corrected chi connectivity index (χ2v) is 3.15. The Kier molecular flexibility index (Phi) is 7.82. The third-order valence-electron chi connectivity index (χ3n) is 2.19. The van der Waals surface area contributed by atoms with Gasteiger partial charge in [0.15, 0.2) is 0 Å². The summed E-state index contributed by atoms with van der Waals surface area (Å²) >= 11 is 0. The molecule has 2 aromatic rings. The number of nitrogens with one attached hydrogen (secondary N) is 1. The summed E-state index contributed by atoms with van der Waals surface area (Å²) in [4.78, 5) is 0. The highest BCUT2D eigenvalue weighted by atomic mass is 35.5. The summed E-state index contributed by atoms with van der Waals surface area (Å²) < 4.78 is 0. The number of hydrogen-bond donors (Lipinski definition) is 2. The quantitative estimate of drug-likeness (QED) is 0.739. The zero-order valence-corrected chi connectivity index (χ0v) is 10.7. The highest BCUT2D eigenvalue weighted by molar-refractivity contribution is 6.08. The zero-order valence-electron chi connectivity index (χ0n) is 9.07.